The molecule has 0 unspecified atom stereocenters. The molecule has 0 spiro atoms. The summed E-state index contributed by atoms with van der Waals surface area (Å²) in [4.78, 5) is 7.07. The molecule has 0 radical (unpaired) electrons. The maximum atomic E-state index is 9.41. The van der Waals surface area contributed by atoms with Gasteiger partial charge in [-0.3, -0.25) is 4.90 Å². The topological polar surface area (TPSA) is 61.2 Å². The maximum absolute atomic E-state index is 9.41. The van der Waals surface area contributed by atoms with Crippen LogP contribution in [0.2, 0.25) is 0 Å². The van der Waals surface area contributed by atoms with Crippen LogP contribution >= 0.6 is 0 Å². The number of nitrogens with one attached hydrogen (secondary N) is 1. The lowest BCUT2D eigenvalue weighted by Gasteiger charge is -2.36. The Kier molecular flexibility index (Phi) is 4.56. The summed E-state index contributed by atoms with van der Waals surface area (Å²) < 4.78 is 6.00. The number of aromatic nitrogens is 1. The molecule has 23 heavy (non-hydrogen) atoms. The Morgan fingerprint density at radius 3 is 2.87 bits per heavy atom. The number of hydrogen-bond donors (Lipinski definition) is 1. The summed E-state index contributed by atoms with van der Waals surface area (Å²) in [6.07, 6.45) is 1.38. The normalized spacial score (nSPS) is 27.7. The van der Waals surface area contributed by atoms with Gasteiger partial charge in [-0.25, -0.2) is 4.98 Å². The second-order valence-electron chi connectivity index (χ2n) is 7.22. The summed E-state index contributed by atoms with van der Waals surface area (Å²) in [5.74, 6) is 1.28. The fourth-order valence-electron chi connectivity index (χ4n) is 3.68. The molecule has 0 amide bonds. The van der Waals surface area contributed by atoms with Crippen LogP contribution in [0, 0.1) is 31.1 Å². The molecule has 2 fully saturated rings. The predicted molar refractivity (Wildman–Crippen MR) is 90.4 cm³/mol. The third-order valence-corrected chi connectivity index (χ3v) is 4.99. The third-order valence-electron chi connectivity index (χ3n) is 4.99. The van der Waals surface area contributed by atoms with Crippen molar-refractivity contribution in [1.82, 2.24) is 9.88 Å². The Bertz CT molecular complexity index is 622. The molecule has 2 saturated heterocycles. The molecule has 3 atom stereocenters. The van der Waals surface area contributed by atoms with E-state index in [0.29, 0.717) is 29.7 Å². The van der Waals surface area contributed by atoms with E-state index < -0.39 is 0 Å². The van der Waals surface area contributed by atoms with Crippen molar-refractivity contribution in [3.8, 4) is 6.07 Å². The summed E-state index contributed by atoms with van der Waals surface area (Å²) in [6.45, 7) is 11.2. The molecule has 2 aliphatic rings. The molecule has 124 valence electrons. The van der Waals surface area contributed by atoms with Crippen molar-refractivity contribution in [2.75, 3.05) is 25.0 Å². The van der Waals surface area contributed by atoms with E-state index in [4.69, 9.17) is 4.74 Å². The summed E-state index contributed by atoms with van der Waals surface area (Å²) in [5.41, 5.74) is 2.60. The maximum Gasteiger partial charge on any atom is 0.144 e. The lowest BCUT2D eigenvalue weighted by molar-refractivity contribution is -0.0683. The molecule has 3 rings (SSSR count). The SMILES string of the molecule is Cc1cc(C)c(C#N)c(N[C@H]2C[C@H]3CO[C@H](C(C)C)CN3C2)n1. The number of morpholine rings is 1. The van der Waals surface area contributed by atoms with Crippen molar-refractivity contribution in [2.45, 2.75) is 52.3 Å². The number of aryl methyl sites for hydroxylation is 2. The summed E-state index contributed by atoms with van der Waals surface area (Å²) in [6, 6.07) is 5.06. The highest BCUT2D eigenvalue weighted by Crippen LogP contribution is 2.28. The molecule has 1 aromatic rings. The van der Waals surface area contributed by atoms with Gasteiger partial charge in [0.15, 0.2) is 0 Å². The fraction of sp³-hybridized carbons (Fsp3) is 0.667. The fourth-order valence-corrected chi connectivity index (χ4v) is 3.68. The highest BCUT2D eigenvalue weighted by molar-refractivity contribution is 5.57. The first kappa shape index (κ1) is 16.2. The zero-order valence-electron chi connectivity index (χ0n) is 14.5. The monoisotopic (exact) mass is 314 g/mol. The average Bonchev–Trinajstić information content (AvgIpc) is 2.87. The minimum absolute atomic E-state index is 0.329. The van der Waals surface area contributed by atoms with Gasteiger partial charge < -0.3 is 10.1 Å². The first-order chi connectivity index (χ1) is 11.0. The number of fused-ring (bicyclic) bond motifs is 1. The standard InChI is InChI=1S/C18H26N4O/c1-11(2)17-9-22-8-14(6-15(22)10-23-17)21-18-16(7-19)12(3)5-13(4)20-18/h5,11,14-15,17H,6,8-10H2,1-4H3,(H,20,21)/t14-,15-,17-/m0/s1. The minimum Gasteiger partial charge on any atom is -0.375 e. The Balaban J connectivity index is 1.71. The smallest absolute Gasteiger partial charge is 0.144 e. The van der Waals surface area contributed by atoms with Gasteiger partial charge in [0.25, 0.3) is 0 Å². The molecule has 1 N–H and O–H groups in total. The Hall–Kier alpha value is -1.64. The summed E-state index contributed by atoms with van der Waals surface area (Å²) >= 11 is 0. The lowest BCUT2D eigenvalue weighted by atomic mass is 10.0. The van der Waals surface area contributed by atoms with Crippen LogP contribution in [0.1, 0.15) is 37.1 Å². The first-order valence-corrected chi connectivity index (χ1v) is 8.48. The van der Waals surface area contributed by atoms with Crippen LogP contribution in [-0.4, -0.2) is 47.8 Å². The average molecular weight is 314 g/mol. The van der Waals surface area contributed by atoms with Gasteiger partial charge in [-0.1, -0.05) is 13.8 Å². The van der Waals surface area contributed by atoms with Crippen LogP contribution in [0.15, 0.2) is 6.07 Å². The van der Waals surface area contributed by atoms with Crippen LogP contribution in [-0.2, 0) is 4.74 Å². The second-order valence-corrected chi connectivity index (χ2v) is 7.22. The second kappa shape index (κ2) is 6.46. The van der Waals surface area contributed by atoms with Gasteiger partial charge in [-0.15, -0.1) is 0 Å². The molecule has 5 heteroatoms. The van der Waals surface area contributed by atoms with Gasteiger partial charge in [-0.2, -0.15) is 5.26 Å². The predicted octanol–water partition coefficient (Wildman–Crippen LogP) is 2.48. The Morgan fingerprint density at radius 1 is 1.39 bits per heavy atom. The lowest BCUT2D eigenvalue weighted by Crippen LogP contribution is -2.48. The molecule has 0 aliphatic carbocycles. The van der Waals surface area contributed by atoms with E-state index in [1.165, 1.54) is 0 Å². The zero-order chi connectivity index (χ0) is 16.6. The molecule has 1 aromatic heterocycles. The number of pyridine rings is 1. The van der Waals surface area contributed by atoms with Gasteiger partial charge in [0, 0.05) is 30.9 Å². The summed E-state index contributed by atoms with van der Waals surface area (Å²) in [5, 5.41) is 12.9. The van der Waals surface area contributed by atoms with E-state index in [0.717, 1.165) is 43.2 Å². The van der Waals surface area contributed by atoms with Crippen LogP contribution in [0.5, 0.6) is 0 Å². The third kappa shape index (κ3) is 3.34. The van der Waals surface area contributed by atoms with Crippen LogP contribution in [0.25, 0.3) is 0 Å². The Labute approximate surface area is 138 Å². The number of rotatable bonds is 3. The number of nitrogens with zero attached hydrogens (tertiary/aromatic N) is 3. The number of anilines is 1. The molecule has 3 heterocycles. The quantitative estimate of drug-likeness (QED) is 0.929. The molecular weight excluding hydrogens is 288 g/mol. The first-order valence-electron chi connectivity index (χ1n) is 8.48. The molecular formula is C18H26N4O. The zero-order valence-corrected chi connectivity index (χ0v) is 14.5. The van der Waals surface area contributed by atoms with Crippen molar-refractivity contribution >= 4 is 5.82 Å². The van der Waals surface area contributed by atoms with Crippen LogP contribution < -0.4 is 5.32 Å². The highest BCUT2D eigenvalue weighted by atomic mass is 16.5. The van der Waals surface area contributed by atoms with E-state index in [2.05, 4.69) is 35.1 Å². The van der Waals surface area contributed by atoms with E-state index in [-0.39, 0.29) is 0 Å². The molecule has 2 aliphatic heterocycles. The van der Waals surface area contributed by atoms with Crippen LogP contribution in [0.3, 0.4) is 0 Å². The number of ether oxygens (including phenoxy) is 1. The van der Waals surface area contributed by atoms with Crippen molar-refractivity contribution in [3.63, 3.8) is 0 Å². The number of hydrogen-bond acceptors (Lipinski definition) is 5. The van der Waals surface area contributed by atoms with E-state index >= 15 is 0 Å². The van der Waals surface area contributed by atoms with Gasteiger partial charge in [0.1, 0.15) is 11.9 Å². The van der Waals surface area contributed by atoms with Crippen molar-refractivity contribution in [3.05, 3.63) is 22.9 Å². The van der Waals surface area contributed by atoms with E-state index in [1.54, 1.807) is 0 Å². The van der Waals surface area contributed by atoms with Crippen molar-refractivity contribution < 1.29 is 4.74 Å². The van der Waals surface area contributed by atoms with E-state index in [9.17, 15) is 5.26 Å². The minimum atomic E-state index is 0.329. The van der Waals surface area contributed by atoms with Gasteiger partial charge in [0.2, 0.25) is 0 Å². The molecule has 0 aromatic carbocycles. The molecule has 0 bridgehead atoms. The van der Waals surface area contributed by atoms with Crippen molar-refractivity contribution in [2.24, 2.45) is 5.92 Å². The van der Waals surface area contributed by atoms with E-state index in [1.807, 2.05) is 19.9 Å². The largest absolute Gasteiger partial charge is 0.375 e. The van der Waals surface area contributed by atoms with Crippen molar-refractivity contribution in [1.29, 1.82) is 5.26 Å². The molecule has 0 saturated carbocycles. The number of nitriles is 1. The summed E-state index contributed by atoms with van der Waals surface area (Å²) in [7, 11) is 0. The van der Waals surface area contributed by atoms with Crippen LogP contribution in [0.4, 0.5) is 5.82 Å². The Morgan fingerprint density at radius 2 is 2.17 bits per heavy atom. The molecule has 5 nitrogen and oxygen atoms in total. The van der Waals surface area contributed by atoms with Gasteiger partial charge >= 0.3 is 0 Å². The highest BCUT2D eigenvalue weighted by Gasteiger charge is 2.38. The van der Waals surface area contributed by atoms with Gasteiger partial charge in [-0.05, 0) is 37.8 Å². The van der Waals surface area contributed by atoms with Gasteiger partial charge in [0.05, 0.1) is 18.3 Å².